The van der Waals surface area contributed by atoms with Gasteiger partial charge in [0.1, 0.15) is 11.4 Å². The van der Waals surface area contributed by atoms with Crippen molar-refractivity contribution < 1.29 is 14.6 Å². The van der Waals surface area contributed by atoms with E-state index in [0.29, 0.717) is 17.0 Å². The van der Waals surface area contributed by atoms with Crippen LogP contribution in [-0.4, -0.2) is 23.2 Å². The lowest BCUT2D eigenvalue weighted by Gasteiger charge is -2.09. The van der Waals surface area contributed by atoms with E-state index in [-0.39, 0.29) is 5.56 Å². The Kier molecular flexibility index (Phi) is 3.05. The van der Waals surface area contributed by atoms with Gasteiger partial charge in [-0.1, -0.05) is 18.2 Å². The molecule has 0 amide bonds. The van der Waals surface area contributed by atoms with Crippen molar-refractivity contribution in [2.45, 2.75) is 0 Å². The van der Waals surface area contributed by atoms with Crippen LogP contribution < -0.4 is 4.74 Å². The number of benzene rings is 1. The number of carboxylic acid groups (broad SMARTS) is 1. The van der Waals surface area contributed by atoms with Gasteiger partial charge in [-0.3, -0.25) is 4.98 Å². The second-order valence-electron chi connectivity index (χ2n) is 3.41. The van der Waals surface area contributed by atoms with Crippen LogP contribution in [0.3, 0.4) is 0 Å². The molecule has 0 radical (unpaired) electrons. The summed E-state index contributed by atoms with van der Waals surface area (Å²) >= 11 is 0. The number of pyridine rings is 1. The number of carboxylic acids is 1. The first kappa shape index (κ1) is 11.1. The molecule has 0 atom stereocenters. The zero-order valence-electron chi connectivity index (χ0n) is 9.25. The van der Waals surface area contributed by atoms with Crippen LogP contribution in [0.4, 0.5) is 0 Å². The van der Waals surface area contributed by atoms with Crippen molar-refractivity contribution in [2.24, 2.45) is 0 Å². The van der Waals surface area contributed by atoms with Gasteiger partial charge in [-0.15, -0.1) is 0 Å². The summed E-state index contributed by atoms with van der Waals surface area (Å²) < 4.78 is 5.18. The first-order chi connectivity index (χ1) is 8.24. The second kappa shape index (κ2) is 4.65. The Balaban J connectivity index is 2.64. The van der Waals surface area contributed by atoms with Crippen LogP contribution in [0.15, 0.2) is 42.6 Å². The summed E-state index contributed by atoms with van der Waals surface area (Å²) in [5.74, 6) is -0.422. The molecule has 17 heavy (non-hydrogen) atoms. The number of hydrogen-bond acceptors (Lipinski definition) is 3. The molecule has 0 saturated carbocycles. The van der Waals surface area contributed by atoms with Crippen molar-refractivity contribution in [3.05, 3.63) is 48.2 Å². The third-order valence-corrected chi connectivity index (χ3v) is 2.40. The van der Waals surface area contributed by atoms with Gasteiger partial charge in [-0.2, -0.15) is 0 Å². The molecule has 0 fully saturated rings. The van der Waals surface area contributed by atoms with Gasteiger partial charge in [-0.05, 0) is 18.2 Å². The van der Waals surface area contributed by atoms with Gasteiger partial charge in [0.2, 0.25) is 0 Å². The molecule has 2 aromatic rings. The van der Waals surface area contributed by atoms with Crippen LogP contribution in [-0.2, 0) is 0 Å². The standard InChI is InChI=1S/C13H11NO3/c1-17-11-7-4-8-14-12(11)9-5-2-3-6-10(9)13(15)16/h2-8H,1H3,(H,15,16). The fraction of sp³-hybridized carbons (Fsp3) is 0.0769. The molecular weight excluding hydrogens is 218 g/mol. The van der Waals surface area contributed by atoms with Crippen molar-refractivity contribution in [3.8, 4) is 17.0 Å². The quantitative estimate of drug-likeness (QED) is 0.878. The van der Waals surface area contributed by atoms with Crippen LogP contribution in [0.2, 0.25) is 0 Å². The highest BCUT2D eigenvalue weighted by Crippen LogP contribution is 2.29. The van der Waals surface area contributed by atoms with Crippen LogP contribution in [0.5, 0.6) is 5.75 Å². The highest BCUT2D eigenvalue weighted by molar-refractivity contribution is 5.96. The average molecular weight is 229 g/mol. The van der Waals surface area contributed by atoms with Gasteiger partial charge in [0.05, 0.1) is 12.7 Å². The first-order valence-corrected chi connectivity index (χ1v) is 5.05. The molecule has 0 unspecified atom stereocenters. The van der Waals surface area contributed by atoms with E-state index < -0.39 is 5.97 Å². The summed E-state index contributed by atoms with van der Waals surface area (Å²) in [5.41, 5.74) is 1.30. The molecule has 86 valence electrons. The van der Waals surface area contributed by atoms with E-state index >= 15 is 0 Å². The zero-order chi connectivity index (χ0) is 12.3. The summed E-state index contributed by atoms with van der Waals surface area (Å²) in [7, 11) is 1.53. The molecule has 1 aromatic carbocycles. The lowest BCUT2D eigenvalue weighted by atomic mass is 10.0. The number of ether oxygens (including phenoxy) is 1. The largest absolute Gasteiger partial charge is 0.494 e. The number of nitrogens with zero attached hydrogens (tertiary/aromatic N) is 1. The summed E-state index contributed by atoms with van der Waals surface area (Å²) in [6.07, 6.45) is 1.61. The van der Waals surface area contributed by atoms with Gasteiger partial charge >= 0.3 is 5.97 Å². The average Bonchev–Trinajstić information content (AvgIpc) is 2.38. The van der Waals surface area contributed by atoms with Gasteiger partial charge in [0.15, 0.2) is 0 Å². The Bertz CT molecular complexity index is 552. The number of rotatable bonds is 3. The predicted molar refractivity (Wildman–Crippen MR) is 63.2 cm³/mol. The summed E-state index contributed by atoms with van der Waals surface area (Å²) in [6, 6.07) is 10.2. The number of aromatic nitrogens is 1. The van der Waals surface area contributed by atoms with Gasteiger partial charge < -0.3 is 9.84 Å². The molecule has 0 aliphatic rings. The van der Waals surface area contributed by atoms with Crippen molar-refractivity contribution in [1.82, 2.24) is 4.98 Å². The minimum Gasteiger partial charge on any atom is -0.494 e. The molecule has 0 aliphatic carbocycles. The van der Waals surface area contributed by atoms with E-state index in [2.05, 4.69) is 4.98 Å². The number of carbonyl (C=O) groups is 1. The lowest BCUT2D eigenvalue weighted by molar-refractivity contribution is 0.0697. The maximum Gasteiger partial charge on any atom is 0.336 e. The number of aromatic carboxylic acids is 1. The molecule has 0 spiro atoms. The SMILES string of the molecule is COc1cccnc1-c1ccccc1C(=O)O. The molecule has 0 bridgehead atoms. The van der Waals surface area contributed by atoms with Crippen LogP contribution in [0, 0.1) is 0 Å². The first-order valence-electron chi connectivity index (χ1n) is 5.05. The van der Waals surface area contributed by atoms with E-state index in [1.807, 2.05) is 0 Å². The zero-order valence-corrected chi connectivity index (χ0v) is 9.25. The molecule has 1 N–H and O–H groups in total. The van der Waals surface area contributed by atoms with Crippen molar-refractivity contribution in [2.75, 3.05) is 7.11 Å². The third-order valence-electron chi connectivity index (χ3n) is 2.40. The third kappa shape index (κ3) is 2.10. The molecule has 4 heteroatoms. The van der Waals surface area contributed by atoms with Crippen LogP contribution in [0.25, 0.3) is 11.3 Å². The molecule has 1 aromatic heterocycles. The van der Waals surface area contributed by atoms with E-state index in [9.17, 15) is 4.79 Å². The Labute approximate surface area is 98.5 Å². The fourth-order valence-corrected chi connectivity index (χ4v) is 1.63. The van der Waals surface area contributed by atoms with E-state index in [0.717, 1.165) is 0 Å². The van der Waals surface area contributed by atoms with Crippen LogP contribution >= 0.6 is 0 Å². The normalized spacial score (nSPS) is 9.94. The van der Waals surface area contributed by atoms with E-state index in [4.69, 9.17) is 9.84 Å². The van der Waals surface area contributed by atoms with Crippen molar-refractivity contribution in [3.63, 3.8) is 0 Å². The second-order valence-corrected chi connectivity index (χ2v) is 3.41. The summed E-state index contributed by atoms with van der Waals surface area (Å²) in [5, 5.41) is 9.12. The highest BCUT2D eigenvalue weighted by Gasteiger charge is 2.14. The van der Waals surface area contributed by atoms with E-state index in [1.54, 1.807) is 42.6 Å². The smallest absolute Gasteiger partial charge is 0.336 e. The van der Waals surface area contributed by atoms with E-state index in [1.165, 1.54) is 7.11 Å². The molecular formula is C13H11NO3. The Hall–Kier alpha value is -2.36. The van der Waals surface area contributed by atoms with Crippen LogP contribution in [0.1, 0.15) is 10.4 Å². The summed E-state index contributed by atoms with van der Waals surface area (Å²) in [4.78, 5) is 15.3. The minimum atomic E-state index is -0.978. The van der Waals surface area contributed by atoms with Gasteiger partial charge in [-0.25, -0.2) is 4.79 Å². The lowest BCUT2D eigenvalue weighted by Crippen LogP contribution is -2.01. The summed E-state index contributed by atoms with van der Waals surface area (Å²) in [6.45, 7) is 0. The molecule has 2 rings (SSSR count). The molecule has 0 saturated heterocycles. The molecule has 4 nitrogen and oxygen atoms in total. The highest BCUT2D eigenvalue weighted by atomic mass is 16.5. The molecule has 1 heterocycles. The topological polar surface area (TPSA) is 59.4 Å². The maximum atomic E-state index is 11.1. The Morgan fingerprint density at radius 3 is 2.71 bits per heavy atom. The Morgan fingerprint density at radius 2 is 2.00 bits per heavy atom. The fourth-order valence-electron chi connectivity index (χ4n) is 1.63. The Morgan fingerprint density at radius 1 is 1.24 bits per heavy atom. The predicted octanol–water partition coefficient (Wildman–Crippen LogP) is 2.46. The minimum absolute atomic E-state index is 0.213. The molecule has 0 aliphatic heterocycles. The van der Waals surface area contributed by atoms with Gasteiger partial charge in [0.25, 0.3) is 0 Å². The van der Waals surface area contributed by atoms with Crippen molar-refractivity contribution >= 4 is 5.97 Å². The number of methoxy groups -OCH3 is 1. The monoisotopic (exact) mass is 229 g/mol. The number of hydrogen-bond donors (Lipinski definition) is 1. The van der Waals surface area contributed by atoms with Gasteiger partial charge in [0, 0.05) is 11.8 Å². The van der Waals surface area contributed by atoms with Crippen molar-refractivity contribution in [1.29, 1.82) is 0 Å². The maximum absolute atomic E-state index is 11.1.